The summed E-state index contributed by atoms with van der Waals surface area (Å²) in [7, 11) is 0. The lowest BCUT2D eigenvalue weighted by Gasteiger charge is -2.37. The molecule has 4 atom stereocenters. The lowest BCUT2D eigenvalue weighted by Crippen LogP contribution is -2.51. The Balaban J connectivity index is 1.23. The van der Waals surface area contributed by atoms with Crippen LogP contribution in [0.5, 0.6) is 17.2 Å². The largest absolute Gasteiger partial charge is 0.508 e. The number of aromatic hydroxyl groups is 2. The molecule has 3 aliphatic heterocycles. The van der Waals surface area contributed by atoms with E-state index in [0.717, 1.165) is 80.9 Å². The molecule has 0 unspecified atom stereocenters. The number of nitrogens with zero attached hydrogens (tertiary/aromatic N) is 4. The first-order valence-corrected chi connectivity index (χ1v) is 19.6. The summed E-state index contributed by atoms with van der Waals surface area (Å²) < 4.78 is 5.68. The molecular weight excluding hydrogens is 675 g/mol. The zero-order valence-corrected chi connectivity index (χ0v) is 32.0. The molecule has 0 saturated carbocycles. The number of phenols is 2. The van der Waals surface area contributed by atoms with E-state index in [1.165, 1.54) is 29.5 Å². The number of phenolic OH excluding ortho intramolecular Hbond substituents is 2. The Bertz CT molecular complexity index is 1590. The molecule has 0 amide bonds. The number of hydrogen-bond donors (Lipinski definition) is 3. The van der Waals surface area contributed by atoms with Gasteiger partial charge in [-0.15, -0.1) is 0 Å². The first-order chi connectivity index (χ1) is 24.7. The Morgan fingerprint density at radius 1 is 0.843 bits per heavy atom. The van der Waals surface area contributed by atoms with Gasteiger partial charge in [-0.1, -0.05) is 50.2 Å². The third-order valence-corrected chi connectivity index (χ3v) is 11.6. The zero-order valence-electron chi connectivity index (χ0n) is 30.4. The minimum absolute atomic E-state index is 0.163. The summed E-state index contributed by atoms with van der Waals surface area (Å²) in [5.74, 6) is 2.08. The van der Waals surface area contributed by atoms with E-state index < -0.39 is 0 Å². The summed E-state index contributed by atoms with van der Waals surface area (Å²) in [6.45, 7) is 12.8. The number of benzene rings is 3. The van der Waals surface area contributed by atoms with Crippen LogP contribution in [0.4, 0.5) is 0 Å². The molecule has 6 rings (SSSR count). The van der Waals surface area contributed by atoms with Gasteiger partial charge in [-0.3, -0.25) is 4.90 Å². The van der Waals surface area contributed by atoms with E-state index in [4.69, 9.17) is 29.2 Å². The molecule has 3 heterocycles. The number of hydrogen-bond acceptors (Lipinski definition) is 6. The van der Waals surface area contributed by atoms with Crippen LogP contribution in [0.2, 0.25) is 0 Å². The molecule has 0 aromatic heterocycles. The zero-order chi connectivity index (χ0) is 35.9. The summed E-state index contributed by atoms with van der Waals surface area (Å²) in [5, 5.41) is 25.3. The average Bonchev–Trinajstić information content (AvgIpc) is 3.79. The fourth-order valence-corrected chi connectivity index (χ4v) is 8.91. The van der Waals surface area contributed by atoms with Crippen molar-refractivity contribution in [3.05, 3.63) is 89.5 Å². The van der Waals surface area contributed by atoms with Crippen molar-refractivity contribution in [2.45, 2.75) is 83.5 Å². The molecule has 0 aliphatic carbocycles. The normalized spacial score (nSPS) is 21.6. The van der Waals surface area contributed by atoms with Crippen molar-refractivity contribution in [2.75, 3.05) is 45.9 Å². The molecule has 0 radical (unpaired) electrons. The van der Waals surface area contributed by atoms with Crippen LogP contribution in [0.15, 0.2) is 72.8 Å². The second kappa shape index (κ2) is 17.3. The van der Waals surface area contributed by atoms with Crippen LogP contribution >= 0.6 is 24.4 Å². The second-order valence-electron chi connectivity index (χ2n) is 14.9. The molecule has 3 N–H and O–H groups in total. The van der Waals surface area contributed by atoms with Crippen LogP contribution in [-0.2, 0) is 19.3 Å². The van der Waals surface area contributed by atoms with Gasteiger partial charge in [0.2, 0.25) is 0 Å². The van der Waals surface area contributed by atoms with Crippen molar-refractivity contribution in [3.63, 3.8) is 0 Å². The Hall–Kier alpha value is -3.60. The number of ether oxygens (including phenoxy) is 1. The highest BCUT2D eigenvalue weighted by molar-refractivity contribution is 7.80. The maximum atomic E-state index is 10.1. The third kappa shape index (κ3) is 9.64. The molecule has 3 fully saturated rings. The minimum atomic E-state index is 0.163. The Morgan fingerprint density at radius 2 is 1.51 bits per heavy atom. The van der Waals surface area contributed by atoms with Crippen LogP contribution in [-0.4, -0.2) is 110 Å². The van der Waals surface area contributed by atoms with Crippen molar-refractivity contribution in [3.8, 4) is 17.2 Å². The van der Waals surface area contributed by atoms with Gasteiger partial charge < -0.3 is 35.0 Å². The van der Waals surface area contributed by atoms with Crippen molar-refractivity contribution in [2.24, 2.45) is 5.92 Å². The van der Waals surface area contributed by atoms with Crippen LogP contribution in [0, 0.1) is 5.92 Å². The molecule has 3 aromatic rings. The van der Waals surface area contributed by atoms with Crippen molar-refractivity contribution in [1.29, 1.82) is 0 Å². The molecule has 10 heteroatoms. The molecule has 3 aromatic carbocycles. The summed E-state index contributed by atoms with van der Waals surface area (Å²) in [6, 6.07) is 24.9. The van der Waals surface area contributed by atoms with Gasteiger partial charge in [0.25, 0.3) is 0 Å². The predicted octanol–water partition coefficient (Wildman–Crippen LogP) is 6.23. The molecule has 0 bridgehead atoms. The van der Waals surface area contributed by atoms with Crippen LogP contribution in [0.1, 0.15) is 56.7 Å². The molecule has 0 spiro atoms. The predicted molar refractivity (Wildman–Crippen MR) is 214 cm³/mol. The number of likely N-dealkylation sites (tertiary alicyclic amines) is 1. The molecule has 3 aliphatic rings. The summed E-state index contributed by atoms with van der Waals surface area (Å²) in [5.41, 5.74) is 3.64. The molecular formula is C41H55N5O3S2. The highest BCUT2D eigenvalue weighted by Gasteiger charge is 2.40. The van der Waals surface area contributed by atoms with Gasteiger partial charge in [-0.05, 0) is 135 Å². The maximum Gasteiger partial charge on any atom is 0.172 e. The average molecular weight is 730 g/mol. The fourth-order valence-electron chi connectivity index (χ4n) is 8.14. The van der Waals surface area contributed by atoms with Gasteiger partial charge in [0.15, 0.2) is 10.2 Å². The van der Waals surface area contributed by atoms with Crippen LogP contribution in [0.25, 0.3) is 0 Å². The Morgan fingerprint density at radius 3 is 2.18 bits per heavy atom. The number of rotatable bonds is 16. The molecule has 8 nitrogen and oxygen atoms in total. The summed E-state index contributed by atoms with van der Waals surface area (Å²) >= 11 is 12.2. The summed E-state index contributed by atoms with van der Waals surface area (Å²) in [6.07, 6.45) is 6.05. The van der Waals surface area contributed by atoms with Gasteiger partial charge in [0.1, 0.15) is 17.2 Å². The summed E-state index contributed by atoms with van der Waals surface area (Å²) in [4.78, 5) is 10.1. The van der Waals surface area contributed by atoms with E-state index in [-0.39, 0.29) is 23.6 Å². The van der Waals surface area contributed by atoms with Crippen LogP contribution in [0.3, 0.4) is 0 Å². The van der Waals surface area contributed by atoms with E-state index in [1.54, 1.807) is 24.3 Å². The van der Waals surface area contributed by atoms with Crippen LogP contribution < -0.4 is 10.1 Å². The standard InChI is InChI=1S/C41H55N5O3S2/c1-4-49-39-17-11-30(12-18-39)19-21-44-36(24-32-9-15-38(48)16-10-32)28-46(41(44)51)35(23-31-7-13-37(47)14-8-31)26-43-20-5-6-33(43)27-45-34(22-29(2)3)25-42-40(45)50/h7-18,29,33-36,47-48H,4-6,19-28H2,1-3H3,(H,42,50)/t33-,34+,35+,36+/m1/s1. The second-order valence-corrected chi connectivity index (χ2v) is 15.7. The van der Waals surface area contributed by atoms with E-state index in [1.807, 2.05) is 31.2 Å². The Kier molecular flexibility index (Phi) is 12.6. The fraction of sp³-hybridized carbons (Fsp3) is 0.512. The van der Waals surface area contributed by atoms with Gasteiger partial charge in [0, 0.05) is 50.8 Å². The van der Waals surface area contributed by atoms with E-state index in [0.29, 0.717) is 24.6 Å². The highest BCUT2D eigenvalue weighted by atomic mass is 32.1. The van der Waals surface area contributed by atoms with Crippen molar-refractivity contribution in [1.82, 2.24) is 24.9 Å². The highest BCUT2D eigenvalue weighted by Crippen LogP contribution is 2.29. The lowest BCUT2D eigenvalue weighted by molar-refractivity contribution is 0.156. The quantitative estimate of drug-likeness (QED) is 0.148. The lowest BCUT2D eigenvalue weighted by atomic mass is 10.0. The first-order valence-electron chi connectivity index (χ1n) is 18.8. The number of nitrogens with one attached hydrogen (secondary N) is 1. The van der Waals surface area contributed by atoms with E-state index >= 15 is 0 Å². The molecule has 51 heavy (non-hydrogen) atoms. The molecule has 274 valence electrons. The van der Waals surface area contributed by atoms with E-state index in [2.05, 4.69) is 63.0 Å². The minimum Gasteiger partial charge on any atom is -0.508 e. The monoisotopic (exact) mass is 729 g/mol. The maximum absolute atomic E-state index is 10.1. The molecule has 3 saturated heterocycles. The Labute approximate surface area is 315 Å². The van der Waals surface area contributed by atoms with Gasteiger partial charge in [-0.2, -0.15) is 0 Å². The smallest absolute Gasteiger partial charge is 0.172 e. The van der Waals surface area contributed by atoms with E-state index in [9.17, 15) is 10.2 Å². The van der Waals surface area contributed by atoms with Gasteiger partial charge >= 0.3 is 0 Å². The van der Waals surface area contributed by atoms with Gasteiger partial charge in [-0.25, -0.2) is 0 Å². The number of thiocarbonyl (C=S) groups is 2. The first kappa shape index (κ1) is 37.2. The van der Waals surface area contributed by atoms with Crippen molar-refractivity contribution < 1.29 is 14.9 Å². The van der Waals surface area contributed by atoms with Crippen molar-refractivity contribution >= 4 is 34.7 Å². The SMILES string of the molecule is CCOc1ccc(CCN2C(=S)N([C@@H](Cc3ccc(O)cc3)CN3CCC[C@@H]3CN3C(=S)NC[C@@H]3CC(C)C)C[C@@H]2Cc2ccc(O)cc2)cc1. The van der Waals surface area contributed by atoms with Gasteiger partial charge in [0.05, 0.1) is 12.6 Å². The third-order valence-electron chi connectivity index (χ3n) is 10.8. The topological polar surface area (TPSA) is 74.7 Å².